The lowest BCUT2D eigenvalue weighted by atomic mass is 9.75. The standard InChI is InChI=1S/C29H33FN2O4/c1-3-20(18(2)12-13-31-29(33)22-8-11-25-27(15-22)35-17-34-25)14-19-4-6-21(7-5-19)28-24-10-9-23(30)16-26(24)36-32-28/h8-11,15-16,19-21H,2-7,12-14,17H2,1H3,(H,31,33)/t19?,20-,21?/m0/s1. The van der Waals surface area contributed by atoms with E-state index in [1.807, 2.05) is 0 Å². The molecule has 3 aromatic rings. The summed E-state index contributed by atoms with van der Waals surface area (Å²) in [5.74, 6) is 2.33. The lowest BCUT2D eigenvalue weighted by molar-refractivity contribution is 0.0953. The van der Waals surface area contributed by atoms with E-state index in [1.165, 1.54) is 17.7 Å². The van der Waals surface area contributed by atoms with E-state index in [1.54, 1.807) is 24.3 Å². The van der Waals surface area contributed by atoms with Gasteiger partial charge in [-0.1, -0.05) is 24.2 Å². The van der Waals surface area contributed by atoms with Crippen molar-refractivity contribution >= 4 is 16.9 Å². The van der Waals surface area contributed by atoms with Crippen molar-refractivity contribution in [2.75, 3.05) is 13.3 Å². The lowest BCUT2D eigenvalue weighted by Crippen LogP contribution is -2.25. The number of benzene rings is 2. The van der Waals surface area contributed by atoms with Crippen LogP contribution in [-0.2, 0) is 0 Å². The number of aromatic nitrogens is 1. The van der Waals surface area contributed by atoms with Crippen LogP contribution < -0.4 is 14.8 Å². The summed E-state index contributed by atoms with van der Waals surface area (Å²) in [4.78, 5) is 12.5. The van der Waals surface area contributed by atoms with E-state index < -0.39 is 0 Å². The Hall–Kier alpha value is -3.35. The molecule has 1 atom stereocenters. The van der Waals surface area contributed by atoms with E-state index in [9.17, 15) is 9.18 Å². The molecule has 1 amide bonds. The number of ether oxygens (including phenoxy) is 2. The number of hydrogen-bond acceptors (Lipinski definition) is 5. The molecule has 5 rings (SSSR count). The van der Waals surface area contributed by atoms with Crippen LogP contribution in [0.4, 0.5) is 4.39 Å². The lowest BCUT2D eigenvalue weighted by Gasteiger charge is -2.30. The van der Waals surface area contributed by atoms with Crippen molar-refractivity contribution in [2.45, 2.75) is 57.8 Å². The van der Waals surface area contributed by atoms with Crippen molar-refractivity contribution in [3.8, 4) is 11.5 Å². The Morgan fingerprint density at radius 1 is 1.14 bits per heavy atom. The minimum absolute atomic E-state index is 0.115. The second kappa shape index (κ2) is 10.7. The molecule has 2 aliphatic rings. The number of rotatable bonds is 9. The summed E-state index contributed by atoms with van der Waals surface area (Å²) in [6.45, 7) is 7.34. The minimum atomic E-state index is -0.299. The van der Waals surface area contributed by atoms with Gasteiger partial charge in [-0.15, -0.1) is 0 Å². The van der Waals surface area contributed by atoms with Gasteiger partial charge in [0.05, 0.1) is 5.69 Å². The summed E-state index contributed by atoms with van der Waals surface area (Å²) in [6, 6.07) is 9.91. The van der Waals surface area contributed by atoms with Crippen molar-refractivity contribution in [3.05, 3.63) is 65.6 Å². The largest absolute Gasteiger partial charge is 0.454 e. The van der Waals surface area contributed by atoms with Gasteiger partial charge in [0.15, 0.2) is 17.1 Å². The van der Waals surface area contributed by atoms with Gasteiger partial charge >= 0.3 is 0 Å². The number of fused-ring (bicyclic) bond motifs is 2. The summed E-state index contributed by atoms with van der Waals surface area (Å²) >= 11 is 0. The maximum Gasteiger partial charge on any atom is 0.251 e. The maximum atomic E-state index is 13.5. The number of nitrogens with zero attached hydrogens (tertiary/aromatic N) is 1. The molecular weight excluding hydrogens is 459 g/mol. The highest BCUT2D eigenvalue weighted by Gasteiger charge is 2.28. The van der Waals surface area contributed by atoms with Crippen molar-refractivity contribution < 1.29 is 23.2 Å². The van der Waals surface area contributed by atoms with Gasteiger partial charge in [-0.05, 0) is 87.1 Å². The van der Waals surface area contributed by atoms with Crippen LogP contribution in [0.2, 0.25) is 0 Å². The topological polar surface area (TPSA) is 73.6 Å². The van der Waals surface area contributed by atoms with Gasteiger partial charge in [-0.2, -0.15) is 0 Å². The van der Waals surface area contributed by atoms with E-state index in [2.05, 4.69) is 24.0 Å². The number of carbonyl (C=O) groups is 1. The molecule has 1 N–H and O–H groups in total. The van der Waals surface area contributed by atoms with Gasteiger partial charge in [0, 0.05) is 29.5 Å². The summed E-state index contributed by atoms with van der Waals surface area (Å²) in [5.41, 5.74) is 3.27. The summed E-state index contributed by atoms with van der Waals surface area (Å²) in [6.07, 6.45) is 7.37. The molecule has 190 valence electrons. The minimum Gasteiger partial charge on any atom is -0.454 e. The van der Waals surface area contributed by atoms with Crippen LogP contribution in [0.25, 0.3) is 11.0 Å². The molecule has 0 unspecified atom stereocenters. The summed E-state index contributed by atoms with van der Waals surface area (Å²) in [7, 11) is 0. The molecule has 0 radical (unpaired) electrons. The highest BCUT2D eigenvalue weighted by molar-refractivity contribution is 5.94. The zero-order chi connectivity index (χ0) is 25.1. The third kappa shape index (κ3) is 5.25. The molecule has 2 heterocycles. The van der Waals surface area contributed by atoms with Crippen molar-refractivity contribution in [1.29, 1.82) is 0 Å². The number of hydrogen-bond donors (Lipinski definition) is 1. The number of carbonyl (C=O) groups excluding carboxylic acids is 1. The Morgan fingerprint density at radius 3 is 2.75 bits per heavy atom. The molecule has 2 aromatic carbocycles. The highest BCUT2D eigenvalue weighted by Crippen LogP contribution is 2.41. The van der Waals surface area contributed by atoms with E-state index in [0.717, 1.165) is 56.0 Å². The Kier molecular flexibility index (Phi) is 7.25. The molecule has 0 bridgehead atoms. The molecule has 7 heteroatoms. The van der Waals surface area contributed by atoms with E-state index in [4.69, 9.17) is 14.0 Å². The molecule has 1 aliphatic carbocycles. The van der Waals surface area contributed by atoms with Gasteiger partial charge in [0.1, 0.15) is 5.82 Å². The first-order chi connectivity index (χ1) is 17.5. The molecule has 1 saturated carbocycles. The Bertz CT molecular complexity index is 1250. The van der Waals surface area contributed by atoms with E-state index in [-0.39, 0.29) is 18.5 Å². The highest BCUT2D eigenvalue weighted by atomic mass is 19.1. The van der Waals surface area contributed by atoms with Crippen molar-refractivity contribution in [1.82, 2.24) is 10.5 Å². The van der Waals surface area contributed by atoms with Gasteiger partial charge in [0.25, 0.3) is 5.91 Å². The van der Waals surface area contributed by atoms with Gasteiger partial charge in [-0.25, -0.2) is 4.39 Å². The van der Waals surface area contributed by atoms with Gasteiger partial charge in [-0.3, -0.25) is 4.79 Å². The zero-order valence-corrected chi connectivity index (χ0v) is 20.7. The summed E-state index contributed by atoms with van der Waals surface area (Å²) in [5, 5.41) is 8.21. The van der Waals surface area contributed by atoms with Crippen LogP contribution in [0, 0.1) is 17.7 Å². The Morgan fingerprint density at radius 2 is 1.94 bits per heavy atom. The zero-order valence-electron chi connectivity index (χ0n) is 20.7. The predicted octanol–water partition coefficient (Wildman–Crippen LogP) is 6.76. The van der Waals surface area contributed by atoms with Crippen LogP contribution in [0.5, 0.6) is 11.5 Å². The number of halogens is 1. The molecule has 1 fully saturated rings. The fourth-order valence-electron chi connectivity index (χ4n) is 5.60. The molecular formula is C29H33FN2O4. The fraction of sp³-hybridized carbons (Fsp3) is 0.448. The monoisotopic (exact) mass is 492 g/mol. The first-order valence-corrected chi connectivity index (χ1v) is 12.9. The average Bonchev–Trinajstić information content (AvgIpc) is 3.53. The molecule has 0 spiro atoms. The Balaban J connectivity index is 1.08. The van der Waals surface area contributed by atoms with Crippen LogP contribution in [0.1, 0.15) is 73.8 Å². The second-order valence-electron chi connectivity index (χ2n) is 10.00. The Labute approximate surface area is 210 Å². The quantitative estimate of drug-likeness (QED) is 0.334. The third-order valence-corrected chi connectivity index (χ3v) is 7.75. The molecule has 0 saturated heterocycles. The number of amides is 1. The van der Waals surface area contributed by atoms with Crippen LogP contribution in [0.3, 0.4) is 0 Å². The summed E-state index contributed by atoms with van der Waals surface area (Å²) < 4.78 is 29.5. The molecule has 1 aliphatic heterocycles. The first kappa shape index (κ1) is 24.3. The van der Waals surface area contributed by atoms with Crippen LogP contribution in [0.15, 0.2) is 53.1 Å². The smallest absolute Gasteiger partial charge is 0.251 e. The molecule has 36 heavy (non-hydrogen) atoms. The van der Waals surface area contributed by atoms with Crippen molar-refractivity contribution in [3.63, 3.8) is 0 Å². The van der Waals surface area contributed by atoms with E-state index >= 15 is 0 Å². The molecule has 6 nitrogen and oxygen atoms in total. The number of nitrogens with one attached hydrogen (secondary N) is 1. The average molecular weight is 493 g/mol. The maximum absolute atomic E-state index is 13.5. The SMILES string of the molecule is C=C(CCNC(=O)c1ccc2c(c1)OCO2)[C@@H](CC)CC1CCC(c2noc3cc(F)ccc23)CC1. The van der Waals surface area contributed by atoms with Crippen LogP contribution in [-0.4, -0.2) is 24.4 Å². The molecule has 1 aromatic heterocycles. The normalized spacial score (nSPS) is 19.8. The third-order valence-electron chi connectivity index (χ3n) is 7.75. The first-order valence-electron chi connectivity index (χ1n) is 12.9. The van der Waals surface area contributed by atoms with Crippen LogP contribution >= 0.6 is 0 Å². The van der Waals surface area contributed by atoms with Gasteiger partial charge < -0.3 is 19.3 Å². The second-order valence-corrected chi connectivity index (χ2v) is 10.00. The fourth-order valence-corrected chi connectivity index (χ4v) is 5.60. The van der Waals surface area contributed by atoms with Gasteiger partial charge in [0.2, 0.25) is 6.79 Å². The van der Waals surface area contributed by atoms with Crippen molar-refractivity contribution in [2.24, 2.45) is 11.8 Å². The van der Waals surface area contributed by atoms with E-state index in [0.29, 0.717) is 46.9 Å². The predicted molar refractivity (Wildman–Crippen MR) is 136 cm³/mol.